The van der Waals surface area contributed by atoms with Crippen LogP contribution in [-0.4, -0.2) is 32.0 Å². The van der Waals surface area contributed by atoms with Crippen LogP contribution in [-0.2, 0) is 4.79 Å². The Labute approximate surface area is 73.9 Å². The molecule has 0 spiro atoms. The fourth-order valence-electron chi connectivity index (χ4n) is 0.310. The van der Waals surface area contributed by atoms with E-state index >= 15 is 0 Å². The van der Waals surface area contributed by atoms with Gasteiger partial charge in [-0.15, -0.1) is 0 Å². The normalized spacial score (nSPS) is 8.82. The number of rotatable bonds is 3. The van der Waals surface area contributed by atoms with Gasteiger partial charge in [-0.2, -0.15) is 0 Å². The summed E-state index contributed by atoms with van der Waals surface area (Å²) in [5.74, 6) is -0.833. The van der Waals surface area contributed by atoms with Crippen molar-refractivity contribution >= 4 is 26.9 Å². The average Bonchev–Trinajstić information content (AvgIpc) is 1.82. The number of carboxylic acid groups (broad SMARTS) is 1. The van der Waals surface area contributed by atoms with E-state index in [0.717, 1.165) is 19.8 Å². The van der Waals surface area contributed by atoms with Crippen molar-refractivity contribution in [1.29, 1.82) is 0 Å². The third kappa shape index (κ3) is 39.3. The molecule has 5 heteroatoms. The monoisotopic (exact) mass is 275 g/mol. The van der Waals surface area contributed by atoms with Gasteiger partial charge in [-0.05, 0) is 0 Å². The number of unbranched alkanes of at least 4 members (excludes halogenated alkanes) is 1. The van der Waals surface area contributed by atoms with Gasteiger partial charge in [-0.3, -0.25) is 4.79 Å². The first-order valence-electron chi connectivity index (χ1n) is 3.37. The summed E-state index contributed by atoms with van der Waals surface area (Å²) in [5, 5.41) is 7.42. The second-order valence-electron chi connectivity index (χ2n) is 1.96. The fourth-order valence-corrected chi connectivity index (χ4v) is 2.08. The number of carboxylic acids is 1. The average molecular weight is 274 g/mol. The summed E-state index contributed by atoms with van der Waals surface area (Å²) in [7, 11) is 0. The maximum atomic E-state index is 11.4. The van der Waals surface area contributed by atoms with Gasteiger partial charge in [0.2, 0.25) is 0 Å². The van der Waals surface area contributed by atoms with Crippen molar-refractivity contribution in [3.63, 3.8) is 0 Å². The molecule has 0 saturated heterocycles. The van der Waals surface area contributed by atoms with E-state index in [-0.39, 0.29) is 4.44 Å². The summed E-state index contributed by atoms with van der Waals surface area (Å²) in [6, 6.07) is 0. The van der Waals surface area contributed by atoms with Crippen LogP contribution in [0.4, 0.5) is 5.73 Å². The topological polar surface area (TPSA) is 37.3 Å². The van der Waals surface area contributed by atoms with Gasteiger partial charge in [-0.25, -0.2) is 0 Å². The first-order valence-corrected chi connectivity index (χ1v) is 7.54. The third-order valence-corrected chi connectivity index (χ3v) is 2.81. The standard InChI is InChI=1S/C4H9.C2H4O2.2FH.Sn/c1-3-4-2;1-2(3)4;;;/h1,3-4H2,2H3;1H3,(H,3,4);2*1H;/q;;;;+2/p-2. The zero-order valence-electron chi connectivity index (χ0n) is 6.73. The van der Waals surface area contributed by atoms with E-state index in [1.54, 1.807) is 0 Å². The van der Waals surface area contributed by atoms with E-state index in [1.165, 1.54) is 0 Å². The summed E-state index contributed by atoms with van der Waals surface area (Å²) in [6.45, 7) is 3.02. The van der Waals surface area contributed by atoms with Crippen molar-refractivity contribution in [3.05, 3.63) is 0 Å². The molecular weight excluding hydrogens is 261 g/mol. The van der Waals surface area contributed by atoms with Gasteiger partial charge in [0.05, 0.1) is 0 Å². The zero-order valence-corrected chi connectivity index (χ0v) is 9.59. The molecule has 67 valence electrons. The van der Waals surface area contributed by atoms with Crippen LogP contribution in [0.25, 0.3) is 0 Å². The van der Waals surface area contributed by atoms with Gasteiger partial charge in [0.1, 0.15) is 0 Å². The van der Waals surface area contributed by atoms with Crippen molar-refractivity contribution in [1.82, 2.24) is 0 Å². The molecule has 0 amide bonds. The summed E-state index contributed by atoms with van der Waals surface area (Å²) in [6.07, 6.45) is 1.65. The van der Waals surface area contributed by atoms with E-state index in [9.17, 15) is 5.73 Å². The van der Waals surface area contributed by atoms with Gasteiger partial charge in [-0.1, -0.05) is 0 Å². The van der Waals surface area contributed by atoms with E-state index in [2.05, 4.69) is 0 Å². The molecule has 0 rings (SSSR count). The molecule has 0 bridgehead atoms. The number of aliphatic carboxylic acids is 1. The Bertz CT molecular complexity index is 94.6. The first-order chi connectivity index (χ1) is 5.00. The predicted molar refractivity (Wildman–Crippen MR) is 41.0 cm³/mol. The molecular formula is C6H13F2O2Sn. The van der Waals surface area contributed by atoms with Crippen molar-refractivity contribution in [3.8, 4) is 0 Å². The second-order valence-corrected chi connectivity index (χ2v) is 5.32. The summed E-state index contributed by atoms with van der Waals surface area (Å²) < 4.78 is 23.1. The molecule has 0 aromatic heterocycles. The van der Waals surface area contributed by atoms with Crippen LogP contribution < -0.4 is 0 Å². The maximum absolute atomic E-state index is 11.4. The van der Waals surface area contributed by atoms with Crippen molar-refractivity contribution in [2.75, 3.05) is 0 Å². The number of hydrogen-bond donors (Lipinski definition) is 1. The predicted octanol–water partition coefficient (Wildman–Crippen LogP) is 2.30. The Balaban J connectivity index is 0. The van der Waals surface area contributed by atoms with E-state index in [0.29, 0.717) is 0 Å². The van der Waals surface area contributed by atoms with Crippen LogP contribution in [0.5, 0.6) is 0 Å². The Hall–Kier alpha value is 0.129. The Kier molecular flexibility index (Phi) is 12.6. The molecule has 1 radical (unpaired) electrons. The Morgan fingerprint density at radius 3 is 2.00 bits per heavy atom. The van der Waals surface area contributed by atoms with Gasteiger partial charge in [0.15, 0.2) is 0 Å². The quantitative estimate of drug-likeness (QED) is 0.802. The molecule has 0 aromatic rings. The van der Waals surface area contributed by atoms with E-state index < -0.39 is 26.9 Å². The van der Waals surface area contributed by atoms with Gasteiger partial charge in [0, 0.05) is 6.92 Å². The molecule has 0 aromatic carbocycles. The molecule has 0 aliphatic heterocycles. The van der Waals surface area contributed by atoms with Gasteiger partial charge < -0.3 is 5.11 Å². The Morgan fingerprint density at radius 2 is 1.91 bits per heavy atom. The van der Waals surface area contributed by atoms with Crippen molar-refractivity contribution < 1.29 is 15.6 Å². The molecule has 0 saturated carbocycles. The summed E-state index contributed by atoms with van der Waals surface area (Å²) in [4.78, 5) is 9.00. The molecule has 11 heavy (non-hydrogen) atoms. The third-order valence-electron chi connectivity index (χ3n) is 0.719. The van der Waals surface area contributed by atoms with E-state index in [4.69, 9.17) is 9.90 Å². The van der Waals surface area contributed by atoms with Crippen LogP contribution in [0.3, 0.4) is 0 Å². The molecule has 0 unspecified atom stereocenters. The number of hydrogen-bond acceptors (Lipinski definition) is 1. The molecule has 1 N–H and O–H groups in total. The molecule has 0 aliphatic carbocycles. The number of carbonyl (C=O) groups is 1. The van der Waals surface area contributed by atoms with Gasteiger partial charge >= 0.3 is 50.8 Å². The minimum atomic E-state index is -3.64. The summed E-state index contributed by atoms with van der Waals surface area (Å²) >= 11 is -3.64. The van der Waals surface area contributed by atoms with Crippen molar-refractivity contribution in [2.24, 2.45) is 0 Å². The van der Waals surface area contributed by atoms with Gasteiger partial charge in [0.25, 0.3) is 5.97 Å². The zero-order chi connectivity index (χ0) is 9.28. The minimum absolute atomic E-state index is 0.263. The van der Waals surface area contributed by atoms with Crippen LogP contribution in [0.2, 0.25) is 4.44 Å². The Morgan fingerprint density at radius 1 is 1.55 bits per heavy atom. The van der Waals surface area contributed by atoms with Crippen LogP contribution in [0.15, 0.2) is 0 Å². The van der Waals surface area contributed by atoms with E-state index in [1.807, 2.05) is 6.92 Å². The first kappa shape index (κ1) is 13.7. The molecule has 0 atom stereocenters. The molecule has 0 heterocycles. The molecule has 0 aliphatic rings. The van der Waals surface area contributed by atoms with Crippen LogP contribution >= 0.6 is 0 Å². The SMILES string of the molecule is CC(=O)O.CCC[CH2][Sn]([F])[F]. The summed E-state index contributed by atoms with van der Waals surface area (Å²) in [5.41, 5.74) is 0. The van der Waals surface area contributed by atoms with Crippen molar-refractivity contribution in [2.45, 2.75) is 31.1 Å². The second kappa shape index (κ2) is 10.1. The molecule has 0 fully saturated rings. The van der Waals surface area contributed by atoms with Crippen LogP contribution in [0, 0.1) is 0 Å². The molecule has 2 nitrogen and oxygen atoms in total. The fraction of sp³-hybridized carbons (Fsp3) is 0.833. The van der Waals surface area contributed by atoms with Crippen LogP contribution in [0.1, 0.15) is 26.7 Å². The number of halogens is 2.